The van der Waals surface area contributed by atoms with E-state index in [2.05, 4.69) is 40.2 Å². The molecule has 27 heavy (non-hydrogen) atoms. The molecule has 0 spiro atoms. The predicted molar refractivity (Wildman–Crippen MR) is 113 cm³/mol. The molecule has 0 atom stereocenters. The van der Waals surface area contributed by atoms with E-state index in [4.69, 9.17) is 17.3 Å². The molecule has 4 rings (SSSR count). The van der Waals surface area contributed by atoms with Crippen molar-refractivity contribution in [1.29, 1.82) is 0 Å². The Kier molecular flexibility index (Phi) is 5.80. The number of pyridine rings is 1. The number of nitrogens with two attached hydrogens (primary N) is 1. The molecular formula is C23H28ClN3. The Labute approximate surface area is 167 Å². The first kappa shape index (κ1) is 18.5. The fraction of sp³-hybridized carbons (Fsp3) is 0.435. The Morgan fingerprint density at radius 2 is 1.89 bits per heavy atom. The third-order valence-electron chi connectivity index (χ3n) is 5.93. The summed E-state index contributed by atoms with van der Waals surface area (Å²) in [6, 6.07) is 10.6. The van der Waals surface area contributed by atoms with Crippen molar-refractivity contribution in [1.82, 2.24) is 9.88 Å². The van der Waals surface area contributed by atoms with Gasteiger partial charge in [0.25, 0.3) is 0 Å². The number of nitrogens with zero attached hydrogens (tertiary/aromatic N) is 2. The van der Waals surface area contributed by atoms with E-state index in [9.17, 15) is 0 Å². The van der Waals surface area contributed by atoms with Crippen molar-refractivity contribution in [2.45, 2.75) is 51.5 Å². The fourth-order valence-corrected chi connectivity index (χ4v) is 4.42. The van der Waals surface area contributed by atoms with Crippen LogP contribution < -0.4 is 5.73 Å². The Morgan fingerprint density at radius 1 is 1.07 bits per heavy atom. The average Bonchev–Trinajstić information content (AvgIpc) is 2.65. The fourth-order valence-electron chi connectivity index (χ4n) is 4.26. The molecule has 0 radical (unpaired) electrons. The molecule has 0 amide bonds. The number of halogens is 1. The van der Waals surface area contributed by atoms with E-state index in [-0.39, 0.29) is 0 Å². The standard InChI is InChI=1S/C23H28ClN3/c24-22-14-21-20(16-26-22)11-13-27(23(21)18-9-5-10-18)12-4-3-7-17-6-1-2-8-19(17)15-25/h1-2,6,8,14,16H,3-5,7,9-13,15,25H2. The lowest BCUT2D eigenvalue weighted by molar-refractivity contribution is 0.370. The molecule has 0 saturated heterocycles. The zero-order valence-electron chi connectivity index (χ0n) is 15.9. The summed E-state index contributed by atoms with van der Waals surface area (Å²) < 4.78 is 0. The second-order valence-electron chi connectivity index (χ2n) is 7.64. The van der Waals surface area contributed by atoms with Crippen LogP contribution in [0.15, 0.2) is 42.1 Å². The Bertz CT molecular complexity index is 837. The minimum Gasteiger partial charge on any atom is -0.371 e. The van der Waals surface area contributed by atoms with Crippen LogP contribution in [0.4, 0.5) is 0 Å². The highest BCUT2D eigenvalue weighted by molar-refractivity contribution is 6.29. The number of benzene rings is 1. The molecule has 0 unspecified atom stereocenters. The van der Waals surface area contributed by atoms with Crippen molar-refractivity contribution < 1.29 is 0 Å². The Morgan fingerprint density at radius 3 is 2.63 bits per heavy atom. The highest BCUT2D eigenvalue weighted by Crippen LogP contribution is 2.39. The van der Waals surface area contributed by atoms with Gasteiger partial charge in [-0.2, -0.15) is 0 Å². The summed E-state index contributed by atoms with van der Waals surface area (Å²) in [7, 11) is 0. The number of aromatic nitrogens is 1. The normalized spacial score (nSPS) is 16.3. The average molecular weight is 382 g/mol. The lowest BCUT2D eigenvalue weighted by Crippen LogP contribution is -2.32. The van der Waals surface area contributed by atoms with Crippen LogP contribution in [0.2, 0.25) is 5.15 Å². The van der Waals surface area contributed by atoms with E-state index in [1.165, 1.54) is 60.1 Å². The van der Waals surface area contributed by atoms with Crippen LogP contribution in [0, 0.1) is 0 Å². The highest BCUT2D eigenvalue weighted by Gasteiger charge is 2.26. The molecule has 2 N–H and O–H groups in total. The molecule has 2 heterocycles. The monoisotopic (exact) mass is 381 g/mol. The lowest BCUT2D eigenvalue weighted by Gasteiger charge is -2.37. The van der Waals surface area contributed by atoms with E-state index in [1.54, 1.807) is 5.57 Å². The summed E-state index contributed by atoms with van der Waals surface area (Å²) >= 11 is 6.22. The molecular weight excluding hydrogens is 354 g/mol. The van der Waals surface area contributed by atoms with Gasteiger partial charge in [-0.15, -0.1) is 0 Å². The first-order chi connectivity index (χ1) is 13.3. The van der Waals surface area contributed by atoms with E-state index in [0.717, 1.165) is 25.9 Å². The minimum atomic E-state index is 0.603. The summed E-state index contributed by atoms with van der Waals surface area (Å²) in [4.78, 5) is 6.89. The van der Waals surface area contributed by atoms with Gasteiger partial charge >= 0.3 is 0 Å². The summed E-state index contributed by atoms with van der Waals surface area (Å²) in [6.45, 7) is 2.83. The van der Waals surface area contributed by atoms with Crippen LogP contribution in [-0.2, 0) is 19.4 Å². The van der Waals surface area contributed by atoms with Crippen molar-refractivity contribution in [2.75, 3.05) is 13.1 Å². The van der Waals surface area contributed by atoms with Crippen molar-refractivity contribution in [3.05, 3.63) is 69.5 Å². The highest BCUT2D eigenvalue weighted by atomic mass is 35.5. The molecule has 1 saturated carbocycles. The second-order valence-corrected chi connectivity index (χ2v) is 8.02. The van der Waals surface area contributed by atoms with Crippen molar-refractivity contribution in [3.63, 3.8) is 0 Å². The van der Waals surface area contributed by atoms with E-state index < -0.39 is 0 Å². The zero-order chi connectivity index (χ0) is 18.6. The molecule has 0 bridgehead atoms. The van der Waals surface area contributed by atoms with E-state index in [1.807, 2.05) is 6.20 Å². The van der Waals surface area contributed by atoms with Crippen LogP contribution in [0.5, 0.6) is 0 Å². The van der Waals surface area contributed by atoms with Gasteiger partial charge in [-0.25, -0.2) is 4.98 Å². The number of rotatable bonds is 6. The van der Waals surface area contributed by atoms with Crippen LogP contribution in [0.1, 0.15) is 54.4 Å². The SMILES string of the molecule is NCc1ccccc1CCCCN1CCc2cnc(Cl)cc2C1=C1CCC1. The molecule has 2 aromatic rings. The molecule has 1 aromatic heterocycles. The van der Waals surface area contributed by atoms with E-state index >= 15 is 0 Å². The van der Waals surface area contributed by atoms with Gasteiger partial charge < -0.3 is 10.6 Å². The van der Waals surface area contributed by atoms with Crippen LogP contribution >= 0.6 is 11.6 Å². The van der Waals surface area contributed by atoms with E-state index in [0.29, 0.717) is 11.7 Å². The molecule has 1 fully saturated rings. The van der Waals surface area contributed by atoms with Crippen LogP contribution in [0.3, 0.4) is 0 Å². The molecule has 3 nitrogen and oxygen atoms in total. The van der Waals surface area contributed by atoms with Gasteiger partial charge in [0.15, 0.2) is 0 Å². The lowest BCUT2D eigenvalue weighted by atomic mass is 9.85. The van der Waals surface area contributed by atoms with Crippen molar-refractivity contribution >= 4 is 17.3 Å². The molecule has 142 valence electrons. The number of hydrogen-bond donors (Lipinski definition) is 1. The molecule has 1 aliphatic heterocycles. The van der Waals surface area contributed by atoms with Crippen molar-refractivity contribution in [2.24, 2.45) is 5.73 Å². The van der Waals surface area contributed by atoms with Crippen LogP contribution in [0.25, 0.3) is 5.70 Å². The number of allylic oxidation sites excluding steroid dienone is 1. The van der Waals surface area contributed by atoms with Gasteiger partial charge in [-0.3, -0.25) is 0 Å². The third kappa shape index (κ3) is 4.04. The Hall–Kier alpha value is -1.84. The van der Waals surface area contributed by atoms with Crippen molar-refractivity contribution in [3.8, 4) is 0 Å². The van der Waals surface area contributed by atoms with Gasteiger partial charge in [0.2, 0.25) is 0 Å². The number of aryl methyl sites for hydroxylation is 1. The number of hydrogen-bond acceptors (Lipinski definition) is 3. The summed E-state index contributed by atoms with van der Waals surface area (Å²) in [6.07, 6.45) is 10.3. The topological polar surface area (TPSA) is 42.1 Å². The first-order valence-electron chi connectivity index (χ1n) is 10.1. The number of fused-ring (bicyclic) bond motifs is 1. The molecule has 4 heteroatoms. The molecule has 1 aromatic carbocycles. The van der Waals surface area contributed by atoms with Gasteiger partial charge in [0.05, 0.1) is 0 Å². The Balaban J connectivity index is 1.43. The maximum absolute atomic E-state index is 6.22. The summed E-state index contributed by atoms with van der Waals surface area (Å²) in [5, 5.41) is 0.603. The summed E-state index contributed by atoms with van der Waals surface area (Å²) in [5.41, 5.74) is 14.3. The zero-order valence-corrected chi connectivity index (χ0v) is 16.6. The third-order valence-corrected chi connectivity index (χ3v) is 6.14. The largest absolute Gasteiger partial charge is 0.371 e. The minimum absolute atomic E-state index is 0.603. The number of unbranched alkanes of at least 4 members (excludes halogenated alkanes) is 1. The maximum atomic E-state index is 6.22. The molecule has 1 aliphatic carbocycles. The second kappa shape index (κ2) is 8.45. The van der Waals surface area contributed by atoms with Gasteiger partial charge in [0, 0.05) is 37.1 Å². The summed E-state index contributed by atoms with van der Waals surface area (Å²) in [5.74, 6) is 0. The maximum Gasteiger partial charge on any atom is 0.129 e. The van der Waals surface area contributed by atoms with Crippen LogP contribution in [-0.4, -0.2) is 23.0 Å². The quantitative estimate of drug-likeness (QED) is 0.567. The van der Waals surface area contributed by atoms with Gasteiger partial charge in [-0.05, 0) is 73.3 Å². The van der Waals surface area contributed by atoms with Gasteiger partial charge in [0.1, 0.15) is 5.15 Å². The van der Waals surface area contributed by atoms with Gasteiger partial charge in [-0.1, -0.05) is 35.9 Å². The smallest absolute Gasteiger partial charge is 0.129 e. The predicted octanol–water partition coefficient (Wildman–Crippen LogP) is 4.97. The molecule has 2 aliphatic rings. The first-order valence-corrected chi connectivity index (χ1v) is 10.5.